The van der Waals surface area contributed by atoms with Crippen LogP contribution in [0.3, 0.4) is 0 Å². The van der Waals surface area contributed by atoms with E-state index in [2.05, 4.69) is 10.4 Å². The van der Waals surface area contributed by atoms with Crippen molar-refractivity contribution in [2.24, 2.45) is 7.05 Å². The van der Waals surface area contributed by atoms with Gasteiger partial charge in [0.15, 0.2) is 0 Å². The van der Waals surface area contributed by atoms with Gasteiger partial charge in [-0.05, 0) is 18.2 Å². The summed E-state index contributed by atoms with van der Waals surface area (Å²) < 4.78 is 7.70. The second-order valence-electron chi connectivity index (χ2n) is 6.03. The van der Waals surface area contributed by atoms with Crippen LogP contribution in [0.25, 0.3) is 10.8 Å². The van der Waals surface area contributed by atoms with Gasteiger partial charge < -0.3 is 14.6 Å². The lowest BCUT2D eigenvalue weighted by atomic mass is 10.1. The first-order valence-electron chi connectivity index (χ1n) is 8.44. The first-order valence-corrected chi connectivity index (χ1v) is 8.44. The molecule has 3 rings (SSSR count). The Kier molecular flexibility index (Phi) is 5.46. The topological polar surface area (TPSA) is 95.2 Å². The van der Waals surface area contributed by atoms with Gasteiger partial charge in [-0.2, -0.15) is 5.10 Å². The van der Waals surface area contributed by atoms with Gasteiger partial charge in [0.2, 0.25) is 0 Å². The molecule has 1 amide bonds. The summed E-state index contributed by atoms with van der Waals surface area (Å²) in [6.45, 7) is 0.738. The number of aryl methyl sites for hydroxylation is 1. The summed E-state index contributed by atoms with van der Waals surface area (Å²) in [6.07, 6.45) is 1.58. The first kappa shape index (κ1) is 18.5. The predicted molar refractivity (Wildman–Crippen MR) is 101 cm³/mol. The average molecular weight is 368 g/mol. The summed E-state index contributed by atoms with van der Waals surface area (Å²) in [6, 6.07) is 10.2. The van der Waals surface area contributed by atoms with E-state index in [-0.39, 0.29) is 23.2 Å². The van der Waals surface area contributed by atoms with Crippen molar-refractivity contribution in [2.45, 2.75) is 13.1 Å². The number of benzene rings is 1. The molecule has 3 aromatic rings. The highest BCUT2D eigenvalue weighted by Gasteiger charge is 2.14. The monoisotopic (exact) mass is 368 g/mol. The molecule has 0 saturated heterocycles. The summed E-state index contributed by atoms with van der Waals surface area (Å²) in [5, 5.41) is 8.27. The largest absolute Gasteiger partial charge is 0.383 e. The summed E-state index contributed by atoms with van der Waals surface area (Å²) >= 11 is 0. The molecule has 0 aliphatic carbocycles. The van der Waals surface area contributed by atoms with E-state index in [1.165, 1.54) is 15.3 Å². The molecular weight excluding hydrogens is 348 g/mol. The maximum Gasteiger partial charge on any atom is 0.274 e. The number of fused-ring (bicyclic) bond motifs is 1. The molecule has 1 N–H and O–H groups in total. The summed E-state index contributed by atoms with van der Waals surface area (Å²) in [5.74, 6) is -0.489. The lowest BCUT2D eigenvalue weighted by Crippen LogP contribution is -2.33. The van der Waals surface area contributed by atoms with Crippen LogP contribution in [0.2, 0.25) is 0 Å². The zero-order chi connectivity index (χ0) is 19.4. The first-order chi connectivity index (χ1) is 13.0. The highest BCUT2D eigenvalue weighted by molar-refractivity contribution is 5.94. The van der Waals surface area contributed by atoms with Gasteiger partial charge in [-0.15, -0.1) is 0 Å². The Morgan fingerprint density at radius 3 is 2.59 bits per heavy atom. The minimum atomic E-state index is -0.489. The number of methoxy groups -OCH3 is 1. The standard InChI is InChI=1S/C19H20N4O4/c1-22-9-5-8-15(18(22)25)17(24)20-12-16-13-6-3-4-7-14(13)19(26)23(21-16)10-11-27-2/h3-9H,10-12H2,1-2H3,(H,20,24). The molecule has 0 unspecified atom stereocenters. The minimum absolute atomic E-state index is 0.0528. The lowest BCUT2D eigenvalue weighted by Gasteiger charge is -2.11. The second-order valence-corrected chi connectivity index (χ2v) is 6.03. The number of hydrogen-bond acceptors (Lipinski definition) is 5. The van der Waals surface area contributed by atoms with Crippen molar-refractivity contribution < 1.29 is 9.53 Å². The number of amides is 1. The van der Waals surface area contributed by atoms with Crippen LogP contribution in [-0.4, -0.2) is 34.0 Å². The fraction of sp³-hybridized carbons (Fsp3) is 0.263. The number of pyridine rings is 1. The van der Waals surface area contributed by atoms with E-state index in [4.69, 9.17) is 4.74 Å². The molecule has 8 nitrogen and oxygen atoms in total. The molecule has 0 radical (unpaired) electrons. The Balaban J connectivity index is 1.93. The maximum atomic E-state index is 12.5. The molecule has 0 saturated carbocycles. The number of rotatable bonds is 6. The minimum Gasteiger partial charge on any atom is -0.383 e. The van der Waals surface area contributed by atoms with Gasteiger partial charge in [-0.1, -0.05) is 18.2 Å². The lowest BCUT2D eigenvalue weighted by molar-refractivity contribution is 0.0948. The van der Waals surface area contributed by atoms with E-state index in [0.29, 0.717) is 29.6 Å². The van der Waals surface area contributed by atoms with Gasteiger partial charge in [0, 0.05) is 25.7 Å². The third kappa shape index (κ3) is 3.80. The molecule has 0 bridgehead atoms. The van der Waals surface area contributed by atoms with E-state index < -0.39 is 5.91 Å². The van der Waals surface area contributed by atoms with E-state index in [1.807, 2.05) is 0 Å². The van der Waals surface area contributed by atoms with Crippen LogP contribution in [0.5, 0.6) is 0 Å². The molecule has 2 aromatic heterocycles. The zero-order valence-electron chi connectivity index (χ0n) is 15.1. The molecule has 0 aliphatic rings. The number of carbonyl (C=O) groups is 1. The van der Waals surface area contributed by atoms with Gasteiger partial charge >= 0.3 is 0 Å². The molecule has 0 atom stereocenters. The Bertz CT molecular complexity index is 1100. The molecule has 0 fully saturated rings. The van der Waals surface area contributed by atoms with Crippen molar-refractivity contribution in [3.05, 3.63) is 74.6 Å². The van der Waals surface area contributed by atoms with Crippen molar-refractivity contribution in [3.8, 4) is 0 Å². The number of nitrogens with zero attached hydrogens (tertiary/aromatic N) is 3. The molecule has 140 valence electrons. The van der Waals surface area contributed by atoms with Gasteiger partial charge in [0.25, 0.3) is 17.0 Å². The van der Waals surface area contributed by atoms with Crippen LogP contribution in [0.4, 0.5) is 0 Å². The molecule has 8 heteroatoms. The quantitative estimate of drug-likeness (QED) is 0.690. The van der Waals surface area contributed by atoms with Gasteiger partial charge in [0.1, 0.15) is 5.56 Å². The van der Waals surface area contributed by atoms with Gasteiger partial charge in [-0.3, -0.25) is 14.4 Å². The Morgan fingerprint density at radius 1 is 1.11 bits per heavy atom. The smallest absolute Gasteiger partial charge is 0.274 e. The van der Waals surface area contributed by atoms with Crippen LogP contribution in [0.1, 0.15) is 16.1 Å². The van der Waals surface area contributed by atoms with Crippen molar-refractivity contribution >= 4 is 16.7 Å². The number of carbonyl (C=O) groups excluding carboxylic acids is 1. The van der Waals surface area contributed by atoms with Crippen LogP contribution in [-0.2, 0) is 24.9 Å². The van der Waals surface area contributed by atoms with E-state index in [1.54, 1.807) is 50.7 Å². The van der Waals surface area contributed by atoms with E-state index >= 15 is 0 Å². The number of ether oxygens (including phenoxy) is 1. The molecular formula is C19H20N4O4. The third-order valence-corrected chi connectivity index (χ3v) is 4.24. The maximum absolute atomic E-state index is 12.5. The fourth-order valence-electron chi connectivity index (χ4n) is 2.79. The Labute approximate surface area is 155 Å². The molecule has 1 aromatic carbocycles. The molecule has 2 heterocycles. The molecule has 0 spiro atoms. The fourth-order valence-corrected chi connectivity index (χ4v) is 2.79. The zero-order valence-corrected chi connectivity index (χ0v) is 15.1. The van der Waals surface area contributed by atoms with Crippen LogP contribution in [0.15, 0.2) is 52.2 Å². The van der Waals surface area contributed by atoms with E-state index in [0.717, 1.165) is 0 Å². The van der Waals surface area contributed by atoms with Crippen LogP contribution < -0.4 is 16.4 Å². The Morgan fingerprint density at radius 2 is 1.85 bits per heavy atom. The number of hydrogen-bond donors (Lipinski definition) is 1. The van der Waals surface area contributed by atoms with Crippen molar-refractivity contribution in [3.63, 3.8) is 0 Å². The SMILES string of the molecule is COCCn1nc(CNC(=O)c2cccn(C)c2=O)c2ccccc2c1=O. The van der Waals surface area contributed by atoms with Crippen molar-refractivity contribution in [2.75, 3.05) is 13.7 Å². The van der Waals surface area contributed by atoms with Crippen LogP contribution in [0, 0.1) is 0 Å². The third-order valence-electron chi connectivity index (χ3n) is 4.24. The summed E-state index contributed by atoms with van der Waals surface area (Å²) in [7, 11) is 3.13. The van der Waals surface area contributed by atoms with Gasteiger partial charge in [-0.25, -0.2) is 4.68 Å². The predicted octanol–water partition coefficient (Wildman–Crippen LogP) is 0.672. The number of nitrogens with one attached hydrogen (secondary N) is 1. The molecule has 0 aliphatic heterocycles. The summed E-state index contributed by atoms with van der Waals surface area (Å²) in [5.41, 5.74) is 0.00644. The Hall–Kier alpha value is -3.26. The molecule has 27 heavy (non-hydrogen) atoms. The highest BCUT2D eigenvalue weighted by Crippen LogP contribution is 2.13. The van der Waals surface area contributed by atoms with Crippen LogP contribution >= 0.6 is 0 Å². The van der Waals surface area contributed by atoms with E-state index in [9.17, 15) is 14.4 Å². The number of aromatic nitrogens is 3. The summed E-state index contributed by atoms with van der Waals surface area (Å²) in [4.78, 5) is 37.0. The van der Waals surface area contributed by atoms with Gasteiger partial charge in [0.05, 0.1) is 30.8 Å². The van der Waals surface area contributed by atoms with Crippen molar-refractivity contribution in [1.29, 1.82) is 0 Å². The highest BCUT2D eigenvalue weighted by atomic mass is 16.5. The second kappa shape index (κ2) is 7.96. The normalized spacial score (nSPS) is 10.9. The van der Waals surface area contributed by atoms with Crippen molar-refractivity contribution in [1.82, 2.24) is 19.7 Å². The average Bonchev–Trinajstić information content (AvgIpc) is 2.68.